The van der Waals surface area contributed by atoms with E-state index in [9.17, 15) is 4.79 Å². The highest BCUT2D eigenvalue weighted by Crippen LogP contribution is 2.29. The van der Waals surface area contributed by atoms with Crippen LogP contribution >= 0.6 is 0 Å². The highest BCUT2D eigenvalue weighted by molar-refractivity contribution is 6.00. The summed E-state index contributed by atoms with van der Waals surface area (Å²) in [6, 6.07) is 9.92. The average Bonchev–Trinajstić information content (AvgIpc) is 3.22. The van der Waals surface area contributed by atoms with Crippen molar-refractivity contribution >= 4 is 28.0 Å². The summed E-state index contributed by atoms with van der Waals surface area (Å²) < 4.78 is 0. The Morgan fingerprint density at radius 3 is 2.88 bits per heavy atom. The van der Waals surface area contributed by atoms with E-state index < -0.39 is 0 Å². The number of pyridine rings is 1. The van der Waals surface area contributed by atoms with Crippen molar-refractivity contribution in [3.63, 3.8) is 0 Å². The number of carbonyl (C=O) groups excluding carboxylic acids is 1. The first-order valence-electron chi connectivity index (χ1n) is 8.80. The van der Waals surface area contributed by atoms with Crippen molar-refractivity contribution in [2.24, 2.45) is 0 Å². The molecule has 1 amide bonds. The van der Waals surface area contributed by atoms with Crippen LogP contribution in [0.4, 0.5) is 0 Å². The molecule has 6 nitrogen and oxygen atoms in total. The second-order valence-corrected chi connectivity index (χ2v) is 6.65. The van der Waals surface area contributed by atoms with Crippen LogP contribution < -0.4 is 5.32 Å². The van der Waals surface area contributed by atoms with Gasteiger partial charge in [0.2, 0.25) is 0 Å². The first-order valence-corrected chi connectivity index (χ1v) is 8.80. The molecule has 1 unspecified atom stereocenters. The van der Waals surface area contributed by atoms with Crippen LogP contribution in [0, 0.1) is 6.92 Å². The molecule has 3 heterocycles. The maximum Gasteiger partial charge on any atom is 0.251 e. The minimum absolute atomic E-state index is 0.0482. The number of aromatic amines is 2. The fraction of sp³-hybridized carbons (Fsp3) is 0.250. The van der Waals surface area contributed by atoms with Gasteiger partial charge in [-0.25, -0.2) is 9.97 Å². The number of rotatable bonds is 4. The Morgan fingerprint density at radius 2 is 2.08 bits per heavy atom. The van der Waals surface area contributed by atoms with Crippen molar-refractivity contribution in [2.45, 2.75) is 33.2 Å². The van der Waals surface area contributed by atoms with Crippen molar-refractivity contribution < 1.29 is 4.79 Å². The van der Waals surface area contributed by atoms with Gasteiger partial charge in [0.1, 0.15) is 5.82 Å². The van der Waals surface area contributed by atoms with E-state index in [0.29, 0.717) is 11.2 Å². The molecule has 0 bridgehead atoms. The Balaban J connectivity index is 1.75. The largest absolute Gasteiger partial charge is 0.354 e. The van der Waals surface area contributed by atoms with Crippen LogP contribution in [0.1, 0.15) is 36.5 Å². The number of benzene rings is 1. The molecule has 1 aromatic carbocycles. The predicted octanol–water partition coefficient (Wildman–Crippen LogP) is 3.94. The second kappa shape index (κ2) is 6.29. The monoisotopic (exact) mass is 347 g/mol. The molecule has 6 heteroatoms. The lowest BCUT2D eigenvalue weighted by atomic mass is 10.1. The summed E-state index contributed by atoms with van der Waals surface area (Å²) in [7, 11) is 0. The molecule has 1 atom stereocenters. The fourth-order valence-electron chi connectivity index (χ4n) is 3.07. The predicted molar refractivity (Wildman–Crippen MR) is 103 cm³/mol. The van der Waals surface area contributed by atoms with E-state index in [1.165, 1.54) is 0 Å². The van der Waals surface area contributed by atoms with Crippen LogP contribution in [0.2, 0.25) is 0 Å². The molecule has 3 N–H and O–H groups in total. The van der Waals surface area contributed by atoms with Gasteiger partial charge in [-0.3, -0.25) is 4.79 Å². The third kappa shape index (κ3) is 2.83. The molecular formula is C20H21N5O. The molecule has 0 spiro atoms. The van der Waals surface area contributed by atoms with Crippen molar-refractivity contribution in [3.05, 3.63) is 47.9 Å². The van der Waals surface area contributed by atoms with E-state index >= 15 is 0 Å². The number of amides is 1. The molecule has 26 heavy (non-hydrogen) atoms. The lowest BCUT2D eigenvalue weighted by Crippen LogP contribution is -2.31. The van der Waals surface area contributed by atoms with Gasteiger partial charge in [-0.1, -0.05) is 13.0 Å². The summed E-state index contributed by atoms with van der Waals surface area (Å²) >= 11 is 0. The number of nitrogens with one attached hydrogen (secondary N) is 3. The van der Waals surface area contributed by atoms with Crippen LogP contribution in [0.3, 0.4) is 0 Å². The summed E-state index contributed by atoms with van der Waals surface area (Å²) in [5.74, 6) is 0.785. The molecule has 0 fully saturated rings. The van der Waals surface area contributed by atoms with E-state index in [2.05, 4.69) is 38.2 Å². The van der Waals surface area contributed by atoms with Gasteiger partial charge in [-0.15, -0.1) is 0 Å². The number of nitrogens with zero attached hydrogens (tertiary/aromatic N) is 2. The standard InChI is InChI=1S/C20H21N5O/c1-4-11(2)22-20(26)14-6-5-13-9-17(25-16(13)10-14)15-7-8-21-19-18(15)23-12(3)24-19/h5-11,25H,4H2,1-3H3,(H,22,26)(H,21,23,24). The maximum absolute atomic E-state index is 12.4. The molecular weight excluding hydrogens is 326 g/mol. The zero-order valence-electron chi connectivity index (χ0n) is 15.1. The van der Waals surface area contributed by atoms with E-state index in [-0.39, 0.29) is 11.9 Å². The first kappa shape index (κ1) is 16.3. The van der Waals surface area contributed by atoms with E-state index in [1.54, 1.807) is 6.20 Å². The third-order valence-electron chi connectivity index (χ3n) is 4.68. The molecule has 0 saturated heterocycles. The van der Waals surface area contributed by atoms with Crippen molar-refractivity contribution in [3.8, 4) is 11.3 Å². The minimum Gasteiger partial charge on any atom is -0.354 e. The summed E-state index contributed by atoms with van der Waals surface area (Å²) in [4.78, 5) is 27.8. The van der Waals surface area contributed by atoms with Gasteiger partial charge in [0, 0.05) is 40.0 Å². The minimum atomic E-state index is -0.0482. The molecule has 0 aliphatic carbocycles. The first-order chi connectivity index (χ1) is 12.5. The molecule has 0 saturated carbocycles. The smallest absolute Gasteiger partial charge is 0.251 e. The second-order valence-electron chi connectivity index (χ2n) is 6.65. The Hall–Kier alpha value is -3.15. The number of H-pyrrole nitrogens is 2. The molecule has 4 rings (SSSR count). The lowest BCUT2D eigenvalue weighted by Gasteiger charge is -2.11. The summed E-state index contributed by atoms with van der Waals surface area (Å²) in [5, 5.41) is 4.06. The Bertz CT molecular complexity index is 1110. The van der Waals surface area contributed by atoms with Gasteiger partial charge in [0.05, 0.1) is 5.52 Å². The molecule has 0 aliphatic heterocycles. The van der Waals surface area contributed by atoms with Gasteiger partial charge in [-0.05, 0) is 44.5 Å². The van der Waals surface area contributed by atoms with Gasteiger partial charge in [-0.2, -0.15) is 0 Å². The summed E-state index contributed by atoms with van der Waals surface area (Å²) in [6.45, 7) is 5.97. The highest BCUT2D eigenvalue weighted by Gasteiger charge is 2.13. The SMILES string of the molecule is CCC(C)NC(=O)c1ccc2cc(-c3ccnc4nc(C)[nH]c34)[nH]c2c1. The zero-order chi connectivity index (χ0) is 18.3. The third-order valence-corrected chi connectivity index (χ3v) is 4.68. The van der Waals surface area contributed by atoms with E-state index in [1.807, 2.05) is 38.1 Å². The van der Waals surface area contributed by atoms with Crippen LogP contribution in [-0.4, -0.2) is 31.9 Å². The van der Waals surface area contributed by atoms with Crippen molar-refractivity contribution in [1.82, 2.24) is 25.3 Å². The van der Waals surface area contributed by atoms with Crippen LogP contribution in [0.5, 0.6) is 0 Å². The van der Waals surface area contributed by atoms with E-state index in [4.69, 9.17) is 0 Å². The fourth-order valence-corrected chi connectivity index (χ4v) is 3.07. The Labute approximate surface area is 151 Å². The van der Waals surface area contributed by atoms with Crippen molar-refractivity contribution in [2.75, 3.05) is 0 Å². The average molecular weight is 347 g/mol. The number of fused-ring (bicyclic) bond motifs is 2. The maximum atomic E-state index is 12.4. The number of imidazole rings is 1. The topological polar surface area (TPSA) is 86.5 Å². The summed E-state index contributed by atoms with van der Waals surface area (Å²) in [6.07, 6.45) is 2.66. The highest BCUT2D eigenvalue weighted by atomic mass is 16.1. The Morgan fingerprint density at radius 1 is 1.23 bits per heavy atom. The molecule has 132 valence electrons. The lowest BCUT2D eigenvalue weighted by molar-refractivity contribution is 0.0939. The van der Waals surface area contributed by atoms with Gasteiger partial charge in [0.15, 0.2) is 5.65 Å². The van der Waals surface area contributed by atoms with E-state index in [0.717, 1.165) is 39.9 Å². The zero-order valence-corrected chi connectivity index (χ0v) is 15.1. The Kier molecular flexibility index (Phi) is 3.95. The molecule has 3 aromatic heterocycles. The van der Waals surface area contributed by atoms with Crippen LogP contribution in [-0.2, 0) is 0 Å². The van der Waals surface area contributed by atoms with Gasteiger partial charge < -0.3 is 15.3 Å². The number of hydrogen-bond acceptors (Lipinski definition) is 3. The van der Waals surface area contributed by atoms with Gasteiger partial charge >= 0.3 is 0 Å². The van der Waals surface area contributed by atoms with Crippen LogP contribution in [0.25, 0.3) is 33.3 Å². The number of hydrogen-bond donors (Lipinski definition) is 3. The number of aromatic nitrogens is 4. The van der Waals surface area contributed by atoms with Crippen molar-refractivity contribution in [1.29, 1.82) is 0 Å². The van der Waals surface area contributed by atoms with Crippen LogP contribution in [0.15, 0.2) is 36.5 Å². The molecule has 0 radical (unpaired) electrons. The quantitative estimate of drug-likeness (QED) is 0.522. The molecule has 4 aromatic rings. The summed E-state index contributed by atoms with van der Waals surface area (Å²) in [5.41, 5.74) is 5.17. The van der Waals surface area contributed by atoms with Gasteiger partial charge in [0.25, 0.3) is 5.91 Å². The molecule has 0 aliphatic rings. The number of carbonyl (C=O) groups is 1. The number of aryl methyl sites for hydroxylation is 1. The normalized spacial score (nSPS) is 12.6.